The fourth-order valence-electron chi connectivity index (χ4n) is 3.34. The molecule has 0 saturated carbocycles. The van der Waals surface area contributed by atoms with E-state index in [-0.39, 0.29) is 16.2 Å². The van der Waals surface area contributed by atoms with Crippen molar-refractivity contribution >= 4 is 31.9 Å². The van der Waals surface area contributed by atoms with Gasteiger partial charge in [-0.15, -0.1) is 0 Å². The predicted octanol–water partition coefficient (Wildman–Crippen LogP) is 3.73. The van der Waals surface area contributed by atoms with Gasteiger partial charge in [0, 0.05) is 19.3 Å². The Morgan fingerprint density at radius 3 is 2.56 bits per heavy atom. The van der Waals surface area contributed by atoms with Crippen LogP contribution in [0.25, 0.3) is 0 Å². The smallest absolute Gasteiger partial charge is 0.343 e. The molecule has 6 nitrogen and oxygen atoms in total. The van der Waals surface area contributed by atoms with Crippen LogP contribution >= 0.6 is 15.9 Å². The summed E-state index contributed by atoms with van der Waals surface area (Å²) in [5.74, 6) is 0.245. The number of carbonyl (C=O) groups excluding carboxylic acids is 1. The highest BCUT2D eigenvalue weighted by Gasteiger charge is 2.32. The third kappa shape index (κ3) is 4.56. The maximum Gasteiger partial charge on any atom is 0.343 e. The van der Waals surface area contributed by atoms with Crippen molar-refractivity contribution in [2.75, 3.05) is 13.1 Å². The van der Waals surface area contributed by atoms with Crippen molar-refractivity contribution in [1.82, 2.24) is 9.29 Å². The first-order valence-corrected chi connectivity index (χ1v) is 10.9. The summed E-state index contributed by atoms with van der Waals surface area (Å²) in [6.45, 7) is 5.09. The Morgan fingerprint density at radius 1 is 1.19 bits per heavy atom. The van der Waals surface area contributed by atoms with Crippen molar-refractivity contribution in [1.29, 1.82) is 0 Å². The highest BCUT2D eigenvalue weighted by molar-refractivity contribution is 9.10. The van der Waals surface area contributed by atoms with Crippen molar-refractivity contribution in [2.45, 2.75) is 25.2 Å². The number of ether oxygens (including phenoxy) is 1. The molecular formula is C19H21BrN2O4S. The van der Waals surface area contributed by atoms with Crippen molar-refractivity contribution < 1.29 is 17.9 Å². The monoisotopic (exact) mass is 452 g/mol. The lowest BCUT2D eigenvalue weighted by atomic mass is 9.94. The predicted molar refractivity (Wildman–Crippen MR) is 105 cm³/mol. The molecule has 2 heterocycles. The van der Waals surface area contributed by atoms with E-state index in [1.165, 1.54) is 22.5 Å². The van der Waals surface area contributed by atoms with E-state index >= 15 is 0 Å². The van der Waals surface area contributed by atoms with Gasteiger partial charge in [0.25, 0.3) is 0 Å². The molecule has 1 saturated heterocycles. The van der Waals surface area contributed by atoms with Crippen LogP contribution in [-0.4, -0.2) is 36.8 Å². The quantitative estimate of drug-likeness (QED) is 0.521. The van der Waals surface area contributed by atoms with Gasteiger partial charge in [0.05, 0.1) is 10.5 Å². The molecule has 1 aromatic carbocycles. The third-order valence-corrected chi connectivity index (χ3v) is 6.89. The van der Waals surface area contributed by atoms with Gasteiger partial charge in [-0.05, 0) is 64.5 Å². The van der Waals surface area contributed by atoms with Crippen molar-refractivity contribution in [3.8, 4) is 5.75 Å². The van der Waals surface area contributed by atoms with E-state index in [1.54, 1.807) is 24.4 Å². The molecule has 2 aromatic rings. The second-order valence-corrected chi connectivity index (χ2v) is 9.67. The van der Waals surface area contributed by atoms with Gasteiger partial charge in [-0.3, -0.25) is 0 Å². The van der Waals surface area contributed by atoms with E-state index in [1.807, 2.05) is 0 Å². The Balaban J connectivity index is 1.84. The number of aromatic nitrogens is 1. The highest BCUT2D eigenvalue weighted by Crippen LogP contribution is 2.27. The summed E-state index contributed by atoms with van der Waals surface area (Å²) in [6.07, 6.45) is 2.58. The zero-order chi connectivity index (χ0) is 19.6. The molecule has 27 heavy (non-hydrogen) atoms. The van der Waals surface area contributed by atoms with E-state index in [0.29, 0.717) is 29.5 Å². The first kappa shape index (κ1) is 20.0. The van der Waals surface area contributed by atoms with Gasteiger partial charge in [-0.1, -0.05) is 19.9 Å². The Kier molecular flexibility index (Phi) is 5.98. The van der Waals surface area contributed by atoms with Crippen LogP contribution in [0.1, 0.15) is 30.6 Å². The summed E-state index contributed by atoms with van der Waals surface area (Å²) in [4.78, 5) is 16.5. The molecule has 144 valence electrons. The minimum atomic E-state index is -3.66. The molecule has 0 radical (unpaired) electrons. The second kappa shape index (κ2) is 8.08. The summed E-state index contributed by atoms with van der Waals surface area (Å²) in [5, 5.41) is 0. The van der Waals surface area contributed by atoms with Crippen LogP contribution in [-0.2, 0) is 10.0 Å². The van der Waals surface area contributed by atoms with Gasteiger partial charge >= 0.3 is 5.97 Å². The van der Waals surface area contributed by atoms with Crippen molar-refractivity contribution in [2.24, 2.45) is 11.8 Å². The van der Waals surface area contributed by atoms with E-state index < -0.39 is 16.0 Å². The van der Waals surface area contributed by atoms with Gasteiger partial charge in [0.1, 0.15) is 4.60 Å². The summed E-state index contributed by atoms with van der Waals surface area (Å²) < 4.78 is 33.3. The highest BCUT2D eigenvalue weighted by atomic mass is 79.9. The molecule has 0 aliphatic carbocycles. The van der Waals surface area contributed by atoms with E-state index in [4.69, 9.17) is 4.74 Å². The molecule has 2 atom stereocenters. The molecule has 0 spiro atoms. The van der Waals surface area contributed by atoms with Crippen LogP contribution < -0.4 is 4.74 Å². The zero-order valence-electron chi connectivity index (χ0n) is 15.1. The zero-order valence-corrected chi connectivity index (χ0v) is 17.5. The summed E-state index contributed by atoms with van der Waals surface area (Å²) >= 11 is 3.22. The average Bonchev–Trinajstić information content (AvgIpc) is 2.63. The molecule has 2 unspecified atom stereocenters. The third-order valence-electron chi connectivity index (χ3n) is 4.47. The van der Waals surface area contributed by atoms with Crippen LogP contribution in [0, 0.1) is 11.8 Å². The largest absolute Gasteiger partial charge is 0.420 e. The lowest BCUT2D eigenvalue weighted by Gasteiger charge is -2.34. The Morgan fingerprint density at radius 2 is 1.89 bits per heavy atom. The molecule has 8 heteroatoms. The van der Waals surface area contributed by atoms with E-state index in [0.717, 1.165) is 6.42 Å². The molecular weight excluding hydrogens is 432 g/mol. The number of carbonyl (C=O) groups is 1. The number of esters is 1. The molecule has 0 bridgehead atoms. The van der Waals surface area contributed by atoms with Crippen LogP contribution in [0.5, 0.6) is 5.75 Å². The number of rotatable bonds is 4. The maximum absolute atomic E-state index is 13.0. The fourth-order valence-corrected chi connectivity index (χ4v) is 5.40. The second-order valence-electron chi connectivity index (χ2n) is 6.98. The maximum atomic E-state index is 13.0. The van der Waals surface area contributed by atoms with Crippen molar-refractivity contribution in [3.05, 3.63) is 52.8 Å². The Hall–Kier alpha value is -1.77. The number of benzene rings is 1. The van der Waals surface area contributed by atoms with Crippen LogP contribution in [0.4, 0.5) is 0 Å². The molecule has 0 amide bonds. The minimum absolute atomic E-state index is 0.100. The van der Waals surface area contributed by atoms with Gasteiger partial charge in [0.15, 0.2) is 5.75 Å². The van der Waals surface area contributed by atoms with Gasteiger partial charge in [-0.2, -0.15) is 4.31 Å². The first-order valence-electron chi connectivity index (χ1n) is 8.70. The summed E-state index contributed by atoms with van der Waals surface area (Å²) in [5.41, 5.74) is 0.171. The standard InChI is InChI=1S/C19H21BrN2O4S/c1-13-9-14(2)12-22(11-13)27(24,25)16-6-3-5-15(10-16)19(23)26-17-7-4-8-21-18(17)20/h3-8,10,13-14H,9,11-12H2,1-2H3. The molecule has 1 aliphatic rings. The Labute approximate surface area is 167 Å². The molecule has 3 rings (SSSR count). The molecule has 0 N–H and O–H groups in total. The number of nitrogens with zero attached hydrogens (tertiary/aromatic N) is 2. The normalized spacial score (nSPS) is 21.0. The lowest BCUT2D eigenvalue weighted by Crippen LogP contribution is -2.42. The summed E-state index contributed by atoms with van der Waals surface area (Å²) in [6, 6.07) is 9.21. The van der Waals surface area contributed by atoms with Gasteiger partial charge < -0.3 is 4.74 Å². The number of halogens is 1. The summed E-state index contributed by atoms with van der Waals surface area (Å²) in [7, 11) is -3.66. The molecule has 1 fully saturated rings. The van der Waals surface area contributed by atoms with Crippen molar-refractivity contribution in [3.63, 3.8) is 0 Å². The van der Waals surface area contributed by atoms with Gasteiger partial charge in [0.2, 0.25) is 10.0 Å². The topological polar surface area (TPSA) is 76.6 Å². The first-order chi connectivity index (χ1) is 12.8. The number of sulfonamides is 1. The fraction of sp³-hybridized carbons (Fsp3) is 0.368. The average molecular weight is 453 g/mol. The van der Waals surface area contributed by atoms with Crippen LogP contribution in [0.2, 0.25) is 0 Å². The van der Waals surface area contributed by atoms with Crippen LogP contribution in [0.15, 0.2) is 52.1 Å². The SMILES string of the molecule is CC1CC(C)CN(S(=O)(=O)c2cccc(C(=O)Oc3cccnc3Br)c2)C1. The van der Waals surface area contributed by atoms with Gasteiger partial charge in [-0.25, -0.2) is 18.2 Å². The van der Waals surface area contributed by atoms with E-state index in [9.17, 15) is 13.2 Å². The number of hydrogen-bond acceptors (Lipinski definition) is 5. The lowest BCUT2D eigenvalue weighted by molar-refractivity contribution is 0.0732. The number of hydrogen-bond donors (Lipinski definition) is 0. The Bertz CT molecular complexity index is 938. The number of piperidine rings is 1. The molecule has 1 aliphatic heterocycles. The molecule has 1 aromatic heterocycles. The number of pyridine rings is 1. The van der Waals surface area contributed by atoms with E-state index in [2.05, 4.69) is 34.8 Å². The minimum Gasteiger partial charge on any atom is -0.420 e. The van der Waals surface area contributed by atoms with Crippen LogP contribution in [0.3, 0.4) is 0 Å².